The van der Waals surface area contributed by atoms with Crippen molar-refractivity contribution in [2.24, 2.45) is 0 Å². The predicted molar refractivity (Wildman–Crippen MR) is 130 cm³/mol. The highest BCUT2D eigenvalue weighted by atomic mass is 32.2. The molecule has 1 atom stereocenters. The molecule has 2 aromatic rings. The summed E-state index contributed by atoms with van der Waals surface area (Å²) in [4.78, 5) is 27.1. The summed E-state index contributed by atoms with van der Waals surface area (Å²) in [7, 11) is -0.552. The summed E-state index contributed by atoms with van der Waals surface area (Å²) < 4.78 is 44.4. The summed E-state index contributed by atoms with van der Waals surface area (Å²) in [6, 6.07) is 11.7. The van der Waals surface area contributed by atoms with Crippen LogP contribution in [0.1, 0.15) is 31.7 Å². The lowest BCUT2D eigenvalue weighted by atomic mass is 10.1. The third kappa shape index (κ3) is 7.44. The fourth-order valence-electron chi connectivity index (χ4n) is 3.63. The van der Waals surface area contributed by atoms with Crippen LogP contribution in [-0.2, 0) is 26.2 Å². The third-order valence-electron chi connectivity index (χ3n) is 5.41. The average Bonchev–Trinajstić information content (AvgIpc) is 2.82. The molecule has 0 unspecified atom stereocenters. The van der Waals surface area contributed by atoms with Crippen LogP contribution in [0.3, 0.4) is 0 Å². The van der Waals surface area contributed by atoms with Crippen LogP contribution in [0.2, 0.25) is 0 Å². The molecule has 0 heterocycles. The maximum Gasteiger partial charge on any atom is 0.242 e. The second-order valence-corrected chi connectivity index (χ2v) is 9.73. The van der Waals surface area contributed by atoms with Gasteiger partial charge in [-0.2, -0.15) is 0 Å². The molecule has 186 valence electrons. The SMILES string of the molecule is CC[C@@H](C(=O)NC)N(Cc1ccc(F)cc1)C(=O)CCCN(c1ccc(OC)cc1)S(C)(=O)=O. The number of carbonyl (C=O) groups is 2. The summed E-state index contributed by atoms with van der Waals surface area (Å²) in [6.07, 6.45) is 1.80. The number of hydrogen-bond acceptors (Lipinski definition) is 5. The van der Waals surface area contributed by atoms with Crippen LogP contribution in [0.15, 0.2) is 48.5 Å². The predicted octanol–water partition coefficient (Wildman–Crippen LogP) is 2.93. The highest BCUT2D eigenvalue weighted by Gasteiger charge is 2.28. The summed E-state index contributed by atoms with van der Waals surface area (Å²) in [5.41, 5.74) is 1.16. The molecule has 2 aromatic carbocycles. The Bertz CT molecular complexity index is 1060. The van der Waals surface area contributed by atoms with Gasteiger partial charge in [-0.05, 0) is 54.8 Å². The number of anilines is 1. The van der Waals surface area contributed by atoms with Crippen LogP contribution in [0.25, 0.3) is 0 Å². The Kier molecular flexibility index (Phi) is 9.85. The summed E-state index contributed by atoms with van der Waals surface area (Å²) in [5.74, 6) is -0.375. The van der Waals surface area contributed by atoms with Gasteiger partial charge in [0.2, 0.25) is 21.8 Å². The van der Waals surface area contributed by atoms with Gasteiger partial charge < -0.3 is 15.0 Å². The van der Waals surface area contributed by atoms with Crippen molar-refractivity contribution in [3.05, 3.63) is 59.9 Å². The van der Waals surface area contributed by atoms with Crippen LogP contribution < -0.4 is 14.4 Å². The Labute approximate surface area is 200 Å². The first-order chi connectivity index (χ1) is 16.1. The Balaban J connectivity index is 2.17. The van der Waals surface area contributed by atoms with Crippen molar-refractivity contribution in [1.82, 2.24) is 10.2 Å². The van der Waals surface area contributed by atoms with Crippen molar-refractivity contribution in [2.45, 2.75) is 38.8 Å². The zero-order valence-electron chi connectivity index (χ0n) is 20.0. The van der Waals surface area contributed by atoms with Crippen molar-refractivity contribution in [3.8, 4) is 5.75 Å². The molecule has 8 nitrogen and oxygen atoms in total. The molecule has 0 bridgehead atoms. The van der Waals surface area contributed by atoms with E-state index >= 15 is 0 Å². The van der Waals surface area contributed by atoms with E-state index in [4.69, 9.17) is 4.74 Å². The number of hydrogen-bond donors (Lipinski definition) is 1. The Morgan fingerprint density at radius 2 is 1.71 bits per heavy atom. The first-order valence-corrected chi connectivity index (χ1v) is 12.8. The monoisotopic (exact) mass is 493 g/mol. The van der Waals surface area contributed by atoms with Crippen LogP contribution in [0.4, 0.5) is 10.1 Å². The van der Waals surface area contributed by atoms with Crippen molar-refractivity contribution in [2.75, 3.05) is 31.3 Å². The number of benzene rings is 2. The van der Waals surface area contributed by atoms with Crippen molar-refractivity contribution >= 4 is 27.5 Å². The Hall–Kier alpha value is -3.14. The molecule has 0 aromatic heterocycles. The summed E-state index contributed by atoms with van der Waals surface area (Å²) in [6.45, 7) is 2.04. The molecule has 0 radical (unpaired) electrons. The first-order valence-electron chi connectivity index (χ1n) is 11.0. The van der Waals surface area contributed by atoms with E-state index in [1.54, 1.807) is 43.3 Å². The van der Waals surface area contributed by atoms with Gasteiger partial charge in [0.1, 0.15) is 17.6 Å². The number of amides is 2. The minimum absolute atomic E-state index is 0.0386. The molecule has 0 aliphatic carbocycles. The molecular formula is C24H32FN3O5S. The number of ether oxygens (including phenoxy) is 1. The second kappa shape index (κ2) is 12.4. The molecule has 0 aliphatic heterocycles. The molecule has 2 rings (SSSR count). The van der Waals surface area contributed by atoms with Gasteiger partial charge in [0.15, 0.2) is 0 Å². The van der Waals surface area contributed by atoms with E-state index in [1.807, 2.05) is 0 Å². The molecule has 0 saturated carbocycles. The zero-order chi connectivity index (χ0) is 25.3. The number of nitrogens with one attached hydrogen (secondary N) is 1. The fraction of sp³-hybridized carbons (Fsp3) is 0.417. The molecule has 0 spiro atoms. The van der Waals surface area contributed by atoms with E-state index in [0.29, 0.717) is 23.4 Å². The number of sulfonamides is 1. The standard InChI is InChI=1S/C24H32FN3O5S/c1-5-22(24(30)26-2)27(17-18-8-10-19(25)11-9-18)23(29)7-6-16-28(34(4,31)32)20-12-14-21(33-3)15-13-20/h8-15,22H,5-7,16-17H2,1-4H3,(H,26,30)/t22-/m0/s1. The molecule has 2 amide bonds. The third-order valence-corrected chi connectivity index (χ3v) is 6.61. The van der Waals surface area contributed by atoms with E-state index in [-0.39, 0.29) is 43.6 Å². The maximum absolute atomic E-state index is 13.3. The molecule has 0 fully saturated rings. The van der Waals surface area contributed by atoms with E-state index in [2.05, 4.69) is 5.32 Å². The van der Waals surface area contributed by atoms with Gasteiger partial charge in [0, 0.05) is 26.6 Å². The first kappa shape index (κ1) is 27.1. The maximum atomic E-state index is 13.3. The quantitative estimate of drug-likeness (QED) is 0.491. The molecule has 34 heavy (non-hydrogen) atoms. The van der Waals surface area contributed by atoms with Gasteiger partial charge in [-0.15, -0.1) is 0 Å². The van der Waals surface area contributed by atoms with Gasteiger partial charge in [0.05, 0.1) is 19.1 Å². The van der Waals surface area contributed by atoms with Crippen molar-refractivity contribution < 1.29 is 27.1 Å². The summed E-state index contributed by atoms with van der Waals surface area (Å²) >= 11 is 0. The Morgan fingerprint density at radius 3 is 2.21 bits per heavy atom. The number of nitrogens with zero attached hydrogens (tertiary/aromatic N) is 2. The number of likely N-dealkylation sites (N-methyl/N-ethyl adjacent to an activating group) is 1. The summed E-state index contributed by atoms with van der Waals surface area (Å²) in [5, 5.41) is 2.58. The van der Waals surface area contributed by atoms with Crippen LogP contribution in [-0.4, -0.2) is 58.1 Å². The number of rotatable bonds is 12. The molecule has 0 aliphatic rings. The zero-order valence-corrected chi connectivity index (χ0v) is 20.8. The van der Waals surface area contributed by atoms with Gasteiger partial charge in [-0.3, -0.25) is 13.9 Å². The topological polar surface area (TPSA) is 96.0 Å². The lowest BCUT2D eigenvalue weighted by molar-refractivity contribution is -0.141. The number of methoxy groups -OCH3 is 1. The Morgan fingerprint density at radius 1 is 1.09 bits per heavy atom. The second-order valence-electron chi connectivity index (χ2n) is 7.82. The van der Waals surface area contributed by atoms with E-state index < -0.39 is 16.1 Å². The van der Waals surface area contributed by atoms with Gasteiger partial charge in [-0.1, -0.05) is 19.1 Å². The van der Waals surface area contributed by atoms with Crippen molar-refractivity contribution in [1.29, 1.82) is 0 Å². The van der Waals surface area contributed by atoms with E-state index in [0.717, 1.165) is 6.26 Å². The normalized spacial score (nSPS) is 12.0. The van der Waals surface area contributed by atoms with E-state index in [1.165, 1.54) is 35.5 Å². The molecule has 10 heteroatoms. The smallest absolute Gasteiger partial charge is 0.242 e. The number of carbonyl (C=O) groups excluding carboxylic acids is 2. The lowest BCUT2D eigenvalue weighted by Crippen LogP contribution is -2.48. The van der Waals surface area contributed by atoms with Gasteiger partial charge >= 0.3 is 0 Å². The fourth-order valence-corrected chi connectivity index (χ4v) is 4.59. The van der Waals surface area contributed by atoms with Crippen LogP contribution in [0, 0.1) is 5.82 Å². The molecular weight excluding hydrogens is 461 g/mol. The van der Waals surface area contributed by atoms with E-state index in [9.17, 15) is 22.4 Å². The minimum Gasteiger partial charge on any atom is -0.497 e. The average molecular weight is 494 g/mol. The highest BCUT2D eigenvalue weighted by Crippen LogP contribution is 2.22. The van der Waals surface area contributed by atoms with Gasteiger partial charge in [-0.25, -0.2) is 12.8 Å². The highest BCUT2D eigenvalue weighted by molar-refractivity contribution is 7.92. The van der Waals surface area contributed by atoms with Gasteiger partial charge in [0.25, 0.3) is 0 Å². The lowest BCUT2D eigenvalue weighted by Gasteiger charge is -2.30. The van der Waals surface area contributed by atoms with Crippen LogP contribution in [0.5, 0.6) is 5.75 Å². The number of halogens is 1. The van der Waals surface area contributed by atoms with Crippen molar-refractivity contribution in [3.63, 3.8) is 0 Å². The molecule has 1 N–H and O–H groups in total. The largest absolute Gasteiger partial charge is 0.497 e. The van der Waals surface area contributed by atoms with Crippen LogP contribution >= 0.6 is 0 Å². The minimum atomic E-state index is -3.58. The molecule has 0 saturated heterocycles.